The highest BCUT2D eigenvalue weighted by Gasteiger charge is 2.46. The van der Waals surface area contributed by atoms with Crippen molar-refractivity contribution in [2.45, 2.75) is 55.5 Å². The van der Waals surface area contributed by atoms with Gasteiger partial charge in [0.1, 0.15) is 0 Å². The molecule has 1 heterocycles. The van der Waals surface area contributed by atoms with Crippen LogP contribution in [0.4, 0.5) is 13.2 Å². The van der Waals surface area contributed by atoms with Crippen LogP contribution in [0.2, 0.25) is 0 Å². The monoisotopic (exact) mass is 453 g/mol. The third-order valence-corrected chi connectivity index (χ3v) is 8.95. The van der Waals surface area contributed by atoms with Gasteiger partial charge in [0.25, 0.3) is 0 Å². The Morgan fingerprint density at radius 3 is 2.26 bits per heavy atom. The zero-order valence-corrected chi connectivity index (χ0v) is 18.5. The molecule has 0 spiro atoms. The summed E-state index contributed by atoms with van der Waals surface area (Å²) in [6.07, 6.45) is -4.15. The lowest BCUT2D eigenvalue weighted by Gasteiger charge is -2.41. The molecular formula is C23H26F3NO3S. The van der Waals surface area contributed by atoms with E-state index >= 15 is 0 Å². The van der Waals surface area contributed by atoms with Crippen molar-refractivity contribution in [3.8, 4) is 0 Å². The van der Waals surface area contributed by atoms with Crippen molar-refractivity contribution >= 4 is 15.7 Å². The summed E-state index contributed by atoms with van der Waals surface area (Å²) in [4.78, 5) is 14.3. The molecule has 3 rings (SSSR count). The zero-order chi connectivity index (χ0) is 23.0. The van der Waals surface area contributed by atoms with Gasteiger partial charge in [0.2, 0.25) is 5.91 Å². The van der Waals surface area contributed by atoms with Crippen LogP contribution in [0, 0.1) is 5.92 Å². The van der Waals surface area contributed by atoms with Crippen LogP contribution in [0.5, 0.6) is 0 Å². The molecule has 0 radical (unpaired) electrons. The van der Waals surface area contributed by atoms with Gasteiger partial charge in [0.05, 0.1) is 21.2 Å². The van der Waals surface area contributed by atoms with Gasteiger partial charge in [0.15, 0.2) is 9.84 Å². The fourth-order valence-electron chi connectivity index (χ4n) is 4.13. The molecule has 2 aromatic rings. The first-order valence-electron chi connectivity index (χ1n) is 10.1. The van der Waals surface area contributed by atoms with Gasteiger partial charge in [-0.15, -0.1) is 0 Å². The minimum absolute atomic E-state index is 0.0301. The van der Waals surface area contributed by atoms with Crippen LogP contribution in [-0.2, 0) is 20.8 Å². The summed E-state index contributed by atoms with van der Waals surface area (Å²) in [6.45, 7) is 5.31. The number of carbonyl (C=O) groups is 1. The Hall–Kier alpha value is -2.35. The number of hydrogen-bond acceptors (Lipinski definition) is 3. The topological polar surface area (TPSA) is 54.5 Å². The van der Waals surface area contributed by atoms with Crippen molar-refractivity contribution in [1.82, 2.24) is 4.90 Å². The zero-order valence-electron chi connectivity index (χ0n) is 17.7. The van der Waals surface area contributed by atoms with Crippen LogP contribution in [-0.4, -0.2) is 30.5 Å². The number of benzene rings is 2. The number of amides is 1. The first kappa shape index (κ1) is 23.3. The minimum Gasteiger partial charge on any atom is -0.336 e. The van der Waals surface area contributed by atoms with Gasteiger partial charge in [-0.2, -0.15) is 13.2 Å². The first-order valence-corrected chi connectivity index (χ1v) is 11.6. The SMILES string of the molecule is CC(c1ccccc1)N1CCC(C(C)(C)S(=O)(=O)c2cccc(C(F)(F)F)c2)CC1=O. The second-order valence-electron chi connectivity index (χ2n) is 8.50. The normalized spacial score (nSPS) is 19.4. The molecule has 2 unspecified atom stereocenters. The van der Waals surface area contributed by atoms with E-state index in [4.69, 9.17) is 0 Å². The van der Waals surface area contributed by atoms with Gasteiger partial charge in [-0.1, -0.05) is 36.4 Å². The average molecular weight is 454 g/mol. The summed E-state index contributed by atoms with van der Waals surface area (Å²) in [7, 11) is -4.10. The lowest BCUT2D eigenvalue weighted by molar-refractivity contribution is -0.138. The molecular weight excluding hydrogens is 427 g/mol. The molecule has 1 aliphatic rings. The molecule has 0 N–H and O–H groups in total. The predicted octanol–water partition coefficient (Wildman–Crippen LogP) is 5.26. The second kappa shape index (κ2) is 8.30. The Morgan fingerprint density at radius 1 is 1.03 bits per heavy atom. The number of likely N-dealkylation sites (tertiary alicyclic amines) is 1. The number of hydrogen-bond donors (Lipinski definition) is 0. The molecule has 0 bridgehead atoms. The van der Waals surface area contributed by atoms with Gasteiger partial charge < -0.3 is 4.90 Å². The maximum Gasteiger partial charge on any atom is 0.416 e. The van der Waals surface area contributed by atoms with E-state index in [0.29, 0.717) is 19.0 Å². The Morgan fingerprint density at radius 2 is 1.68 bits per heavy atom. The standard InChI is InChI=1S/C23H26F3NO3S/c1-16(17-8-5-4-6-9-17)27-13-12-18(15-21(27)28)22(2,3)31(29,30)20-11-7-10-19(14-20)23(24,25)26/h4-11,14,16,18H,12-13,15H2,1-3H3. The van der Waals surface area contributed by atoms with Crippen LogP contribution in [0.15, 0.2) is 59.5 Å². The molecule has 8 heteroatoms. The van der Waals surface area contributed by atoms with E-state index in [9.17, 15) is 26.4 Å². The van der Waals surface area contributed by atoms with Crippen LogP contribution >= 0.6 is 0 Å². The summed E-state index contributed by atoms with van der Waals surface area (Å²) < 4.78 is 64.4. The van der Waals surface area contributed by atoms with E-state index < -0.39 is 32.2 Å². The van der Waals surface area contributed by atoms with Crippen LogP contribution < -0.4 is 0 Å². The summed E-state index contributed by atoms with van der Waals surface area (Å²) in [6, 6.07) is 13.2. The van der Waals surface area contributed by atoms with Crippen molar-refractivity contribution < 1.29 is 26.4 Å². The molecule has 0 aliphatic carbocycles. The molecule has 2 atom stereocenters. The van der Waals surface area contributed by atoms with Gasteiger partial charge in [0, 0.05) is 13.0 Å². The lowest BCUT2D eigenvalue weighted by Crippen LogP contribution is -2.49. The largest absolute Gasteiger partial charge is 0.416 e. The quantitative estimate of drug-likeness (QED) is 0.621. The molecule has 168 valence electrons. The van der Waals surface area contributed by atoms with Gasteiger partial charge in [-0.05, 0) is 56.9 Å². The maximum absolute atomic E-state index is 13.3. The van der Waals surface area contributed by atoms with Crippen LogP contribution in [0.1, 0.15) is 50.8 Å². The number of piperidine rings is 1. The molecule has 2 aromatic carbocycles. The average Bonchev–Trinajstić information content (AvgIpc) is 2.73. The van der Waals surface area contributed by atoms with Crippen molar-refractivity contribution in [3.63, 3.8) is 0 Å². The molecule has 31 heavy (non-hydrogen) atoms. The number of nitrogens with zero attached hydrogens (tertiary/aromatic N) is 1. The Kier molecular flexibility index (Phi) is 6.24. The third-order valence-electron chi connectivity index (χ3n) is 6.36. The van der Waals surface area contributed by atoms with E-state index in [1.54, 1.807) is 4.90 Å². The summed E-state index contributed by atoms with van der Waals surface area (Å²) in [5, 5.41) is 0. The fraction of sp³-hybridized carbons (Fsp3) is 0.435. The number of halogens is 3. The molecule has 1 amide bonds. The second-order valence-corrected chi connectivity index (χ2v) is 11.0. The Bertz CT molecular complexity index is 1050. The van der Waals surface area contributed by atoms with Gasteiger partial charge >= 0.3 is 6.18 Å². The van der Waals surface area contributed by atoms with Crippen molar-refractivity contribution in [3.05, 3.63) is 65.7 Å². The van der Waals surface area contributed by atoms with E-state index in [0.717, 1.165) is 17.7 Å². The summed E-state index contributed by atoms with van der Waals surface area (Å²) >= 11 is 0. The molecule has 0 saturated carbocycles. The summed E-state index contributed by atoms with van der Waals surface area (Å²) in [5.74, 6) is -0.654. The number of carbonyl (C=O) groups excluding carboxylic acids is 1. The number of sulfone groups is 1. The lowest BCUT2D eigenvalue weighted by atomic mass is 9.84. The van der Waals surface area contributed by atoms with Crippen molar-refractivity contribution in [1.29, 1.82) is 0 Å². The fourth-order valence-corrected chi connectivity index (χ4v) is 5.91. The smallest absolute Gasteiger partial charge is 0.336 e. The molecule has 1 saturated heterocycles. The van der Waals surface area contributed by atoms with Gasteiger partial charge in [-0.3, -0.25) is 4.79 Å². The molecule has 0 aromatic heterocycles. The van der Waals surface area contributed by atoms with Crippen LogP contribution in [0.3, 0.4) is 0 Å². The van der Waals surface area contributed by atoms with Crippen LogP contribution in [0.25, 0.3) is 0 Å². The highest BCUT2D eigenvalue weighted by atomic mass is 32.2. The van der Waals surface area contributed by atoms with E-state index in [1.165, 1.54) is 19.9 Å². The molecule has 1 fully saturated rings. The maximum atomic E-state index is 13.3. The van der Waals surface area contributed by atoms with E-state index in [1.807, 2.05) is 37.3 Å². The highest BCUT2D eigenvalue weighted by molar-refractivity contribution is 7.92. The molecule has 4 nitrogen and oxygen atoms in total. The predicted molar refractivity (Wildman–Crippen MR) is 112 cm³/mol. The van der Waals surface area contributed by atoms with Crippen molar-refractivity contribution in [2.24, 2.45) is 5.92 Å². The van der Waals surface area contributed by atoms with Crippen molar-refractivity contribution in [2.75, 3.05) is 6.54 Å². The van der Waals surface area contributed by atoms with E-state index in [-0.39, 0.29) is 23.3 Å². The molecule has 1 aliphatic heterocycles. The Balaban J connectivity index is 1.82. The third kappa shape index (κ3) is 4.49. The van der Waals surface area contributed by atoms with Gasteiger partial charge in [-0.25, -0.2) is 8.42 Å². The number of alkyl halides is 3. The minimum atomic E-state index is -4.63. The Labute approximate surface area is 181 Å². The highest BCUT2D eigenvalue weighted by Crippen LogP contribution is 2.41. The van der Waals surface area contributed by atoms with E-state index in [2.05, 4.69) is 0 Å². The summed E-state index contributed by atoms with van der Waals surface area (Å²) in [5.41, 5.74) is -0.0166. The first-order chi connectivity index (χ1) is 14.4. The number of rotatable bonds is 5.